The molecule has 0 heterocycles. The van der Waals surface area contributed by atoms with E-state index in [0.717, 1.165) is 12.5 Å². The summed E-state index contributed by atoms with van der Waals surface area (Å²) >= 11 is 0. The van der Waals surface area contributed by atoms with Gasteiger partial charge in [0.2, 0.25) is 70.9 Å². The molecule has 0 bridgehead atoms. The van der Waals surface area contributed by atoms with Crippen molar-refractivity contribution in [1.29, 1.82) is 0 Å². The van der Waals surface area contributed by atoms with Gasteiger partial charge in [0.1, 0.15) is 54.1 Å². The lowest BCUT2D eigenvalue weighted by Crippen LogP contribution is -2.61. The van der Waals surface area contributed by atoms with E-state index in [1.807, 2.05) is 65.0 Å². The minimum absolute atomic E-state index is 0.00129. The van der Waals surface area contributed by atoms with Crippen LogP contribution in [0.25, 0.3) is 0 Å². The first-order chi connectivity index (χ1) is 48.9. The minimum Gasteiger partial charge on any atom is -0.508 e. The van der Waals surface area contributed by atoms with Crippen LogP contribution in [0.1, 0.15) is 149 Å². The zero-order chi connectivity index (χ0) is 78.3. The molecule has 2 rings (SSSR count). The van der Waals surface area contributed by atoms with Crippen molar-refractivity contribution in [2.75, 3.05) is 19.6 Å². The van der Waals surface area contributed by atoms with E-state index in [-0.39, 0.29) is 101 Å². The SMILES string of the molecule is CC(C)C[C@H](NC(=O)[C@H](CCCCN)NC(=O)[C@H](CCCN=C(N)N)NC(=O)[C@H](Cc1ccc(O)cc1)NC(=O)[C@H](CCC(N)=O)NC(=O)[C@H](CCC(N)=O)NC(=O)[C@H](CCCN=C(N)N)NC(=O)[C@@H](NC(=O)[C@@H](C)CC(=O)O)[C@@H](C)O)C(=O)N[C@@H](CC(C)C)C(C)N[C@@H](Cc1ccccc1)C(N)=O. The number of phenols is 1. The van der Waals surface area contributed by atoms with Crippen LogP contribution in [-0.2, 0) is 75.2 Å². The molecule has 36 nitrogen and oxygen atoms in total. The summed E-state index contributed by atoms with van der Waals surface area (Å²) < 4.78 is 0. The highest BCUT2D eigenvalue weighted by Gasteiger charge is 2.38. The van der Waals surface area contributed by atoms with E-state index in [2.05, 4.69) is 63.2 Å². The fourth-order valence-corrected chi connectivity index (χ4v) is 10.9. The van der Waals surface area contributed by atoms with Crippen molar-refractivity contribution in [3.05, 3.63) is 65.7 Å². The van der Waals surface area contributed by atoms with Crippen molar-refractivity contribution in [3.8, 4) is 5.75 Å². The summed E-state index contributed by atoms with van der Waals surface area (Å²) in [6, 6.07) is 0.164. The molecule has 0 saturated carbocycles. The van der Waals surface area contributed by atoms with E-state index in [1.165, 1.54) is 31.2 Å². The second kappa shape index (κ2) is 47.1. The highest BCUT2D eigenvalue weighted by molar-refractivity contribution is 5.99. The van der Waals surface area contributed by atoms with E-state index in [4.69, 9.17) is 45.9 Å². The number of aliphatic hydroxyl groups is 1. The maximum Gasteiger partial charge on any atom is 0.304 e. The van der Waals surface area contributed by atoms with Gasteiger partial charge in [-0.25, -0.2) is 0 Å². The number of nitrogens with one attached hydrogen (secondary N) is 10. The Morgan fingerprint density at radius 1 is 0.433 bits per heavy atom. The van der Waals surface area contributed by atoms with Gasteiger partial charge in [0.25, 0.3) is 0 Å². The van der Waals surface area contributed by atoms with E-state index >= 15 is 0 Å². The Labute approximate surface area is 605 Å². The molecule has 12 amide bonds. The van der Waals surface area contributed by atoms with Crippen molar-refractivity contribution < 1.29 is 77.6 Å². The number of nitrogens with zero attached hydrogens (tertiary/aromatic N) is 2. The highest BCUT2D eigenvalue weighted by atomic mass is 16.4. The van der Waals surface area contributed by atoms with Gasteiger partial charge in [0.05, 0.1) is 18.6 Å². The summed E-state index contributed by atoms with van der Waals surface area (Å²) in [4.78, 5) is 186. The molecule has 104 heavy (non-hydrogen) atoms. The van der Waals surface area contributed by atoms with Crippen LogP contribution in [0.4, 0.5) is 0 Å². The zero-order valence-electron chi connectivity index (χ0n) is 60.5. The maximum atomic E-state index is 14.9. The molecule has 0 aromatic heterocycles. The quantitative estimate of drug-likeness (QED) is 0.0169. The largest absolute Gasteiger partial charge is 0.508 e. The first-order valence-corrected chi connectivity index (χ1v) is 34.8. The number of carbonyl (C=O) groups excluding carboxylic acids is 12. The number of primary amides is 3. The number of carbonyl (C=O) groups is 13. The van der Waals surface area contributed by atoms with Crippen LogP contribution >= 0.6 is 0 Å². The molecule has 0 saturated heterocycles. The average molecular weight is 1470 g/mol. The van der Waals surface area contributed by atoms with Gasteiger partial charge >= 0.3 is 5.97 Å². The summed E-state index contributed by atoms with van der Waals surface area (Å²) in [5.74, 6) is -14.6. The molecule has 1 unspecified atom stereocenters. The zero-order valence-corrected chi connectivity index (χ0v) is 60.5. The molecular weight excluding hydrogens is 1350 g/mol. The molecule has 2 aromatic carbocycles. The van der Waals surface area contributed by atoms with Crippen molar-refractivity contribution in [2.24, 2.45) is 73.6 Å². The summed E-state index contributed by atoms with van der Waals surface area (Å²) in [5, 5.41) is 56.7. The number of hydrogen-bond donors (Lipinski definition) is 21. The molecule has 13 atom stereocenters. The molecule has 2 aromatic rings. The molecule has 0 spiro atoms. The Morgan fingerprint density at radius 2 is 0.827 bits per heavy atom. The van der Waals surface area contributed by atoms with Gasteiger partial charge < -0.3 is 114 Å². The number of guanidine groups is 2. The topological polar surface area (TPSA) is 636 Å². The second-order valence-electron chi connectivity index (χ2n) is 26.7. The van der Waals surface area contributed by atoms with Crippen LogP contribution in [-0.4, -0.2) is 196 Å². The minimum atomic E-state index is -1.79. The number of nitrogens with two attached hydrogens (primary N) is 8. The van der Waals surface area contributed by atoms with Gasteiger partial charge in [0.15, 0.2) is 11.9 Å². The number of phenolic OH excluding ortho intramolecular Hbond substituents is 1. The Bertz CT molecular complexity index is 3210. The molecule has 580 valence electrons. The fraction of sp³-hybridized carbons (Fsp3) is 0.603. The van der Waals surface area contributed by atoms with Gasteiger partial charge in [-0.1, -0.05) is 77.1 Å². The summed E-state index contributed by atoms with van der Waals surface area (Å²) in [6.45, 7) is 11.9. The van der Waals surface area contributed by atoms with Crippen LogP contribution in [0.15, 0.2) is 64.6 Å². The Balaban J connectivity index is 2.68. The number of rotatable bonds is 51. The number of hydrogen-bond acceptors (Lipinski definition) is 19. The Hall–Kier alpha value is -10.2. The Morgan fingerprint density at radius 3 is 1.24 bits per heavy atom. The monoisotopic (exact) mass is 1460 g/mol. The number of benzene rings is 2. The molecule has 0 fully saturated rings. The van der Waals surface area contributed by atoms with Crippen LogP contribution < -0.4 is 99.0 Å². The molecular formula is C68H112N20O16. The van der Waals surface area contributed by atoms with E-state index in [0.29, 0.717) is 24.8 Å². The van der Waals surface area contributed by atoms with Crippen molar-refractivity contribution in [3.63, 3.8) is 0 Å². The predicted octanol–water partition coefficient (Wildman–Crippen LogP) is -4.28. The number of aromatic hydroxyl groups is 1. The predicted molar refractivity (Wildman–Crippen MR) is 387 cm³/mol. The third-order valence-corrected chi connectivity index (χ3v) is 16.4. The Kier molecular flexibility index (Phi) is 40.7. The average Bonchev–Trinajstić information content (AvgIpc) is 0.853. The summed E-state index contributed by atoms with van der Waals surface area (Å²) in [6.07, 6.45) is -3.71. The van der Waals surface area contributed by atoms with Crippen LogP contribution in [0, 0.1) is 17.8 Å². The third-order valence-electron chi connectivity index (χ3n) is 16.4. The van der Waals surface area contributed by atoms with E-state index in [1.54, 1.807) is 0 Å². The first-order valence-electron chi connectivity index (χ1n) is 34.8. The number of carboxylic acid groups (broad SMARTS) is 1. The molecule has 36 heteroatoms. The molecule has 0 aliphatic heterocycles. The number of unbranched alkanes of at least 4 members (excludes halogenated alkanes) is 1. The normalized spacial score (nSPS) is 14.9. The summed E-state index contributed by atoms with van der Waals surface area (Å²) in [5.41, 5.74) is 46.2. The van der Waals surface area contributed by atoms with Gasteiger partial charge in [-0.15, -0.1) is 0 Å². The van der Waals surface area contributed by atoms with Crippen molar-refractivity contribution in [2.45, 2.75) is 224 Å². The number of aliphatic imine (C=N–C) groups is 2. The van der Waals surface area contributed by atoms with Crippen LogP contribution in [0.3, 0.4) is 0 Å². The smallest absolute Gasteiger partial charge is 0.304 e. The molecule has 0 radical (unpaired) electrons. The second-order valence-corrected chi connectivity index (χ2v) is 26.7. The fourth-order valence-electron chi connectivity index (χ4n) is 10.9. The number of amides is 12. The van der Waals surface area contributed by atoms with Crippen LogP contribution in [0.5, 0.6) is 5.75 Å². The van der Waals surface area contributed by atoms with Crippen molar-refractivity contribution in [1.82, 2.24) is 53.2 Å². The summed E-state index contributed by atoms with van der Waals surface area (Å²) in [7, 11) is 0. The van der Waals surface area contributed by atoms with Gasteiger partial charge in [-0.2, -0.15) is 0 Å². The standard InChI is InChI=1S/C68H112N20O16/c1-36(2)31-49(39(6)79-50(57(72)95)34-41-15-9-8-10-16-41)85-64(102)51(32-37(3)4)86-61(99)44(17-11-12-28-69)80-59(97)45(18-13-29-77-67(73)74)81-65(103)52(35-42-20-22-43(90)23-21-42)87-63(101)48(25-27-54(71)92)83-62(100)47(24-26-53(70)91)82-60(98)46(19-14-30-78-68(75)76)84-66(104)56(40(7)89)88-58(96)38(5)33-55(93)94/h8-10,15-16,20-23,36-40,44-52,56,79,89-90H,11-14,17-19,24-35,69H2,1-7H3,(H2,70,91)(H2,71,92)(H2,72,95)(H,80,97)(H,81,103)(H,82,98)(H,83,100)(H,84,104)(H,85,102)(H,86,99)(H,87,101)(H,88,96)(H,93,94)(H4,73,74,77)(H4,75,76,78)/t38-,39?,40+,44-,45-,46-,47-,48-,49-,50-,51-,52-,56-/m0/s1. The highest BCUT2D eigenvalue weighted by Crippen LogP contribution is 2.17. The van der Waals surface area contributed by atoms with Gasteiger partial charge in [-0.3, -0.25) is 72.3 Å². The van der Waals surface area contributed by atoms with Gasteiger partial charge in [-0.05, 0) is 133 Å². The number of aliphatic hydroxyl groups excluding tert-OH is 1. The molecule has 0 aliphatic carbocycles. The number of carboxylic acids is 1. The van der Waals surface area contributed by atoms with Gasteiger partial charge in [0, 0.05) is 50.4 Å². The lowest BCUT2D eigenvalue weighted by Gasteiger charge is -2.32. The molecule has 29 N–H and O–H groups in total. The van der Waals surface area contributed by atoms with Crippen molar-refractivity contribution >= 4 is 88.8 Å². The molecule has 0 aliphatic rings. The lowest BCUT2D eigenvalue weighted by molar-refractivity contribution is -0.141. The number of aliphatic carboxylic acids is 1. The van der Waals surface area contributed by atoms with Crippen LogP contribution in [0.2, 0.25) is 0 Å². The van der Waals surface area contributed by atoms with E-state index < -0.39 is 187 Å². The maximum absolute atomic E-state index is 14.9. The third kappa shape index (κ3) is 36.1. The lowest BCUT2D eigenvalue weighted by atomic mass is 9.95. The first kappa shape index (κ1) is 89.9. The van der Waals surface area contributed by atoms with E-state index in [9.17, 15) is 77.6 Å².